The summed E-state index contributed by atoms with van der Waals surface area (Å²) in [6.45, 7) is 3.51. The van der Waals surface area contributed by atoms with Crippen LogP contribution in [-0.2, 0) is 0 Å². The first-order chi connectivity index (χ1) is 10.6. The van der Waals surface area contributed by atoms with Crippen LogP contribution in [0.2, 0.25) is 5.02 Å². The van der Waals surface area contributed by atoms with Crippen LogP contribution in [0.15, 0.2) is 24.3 Å². The highest BCUT2D eigenvalue weighted by Gasteiger charge is 2.45. The predicted molar refractivity (Wildman–Crippen MR) is 87.9 cm³/mol. The summed E-state index contributed by atoms with van der Waals surface area (Å²) >= 11 is 5.89. The standard InChI is InChI=1S/C18H24ClNO2/c1-12-14-2-3-15(10-14)17(12)11-20(8-9-21)18(22)13-4-6-16(19)7-5-13/h4-7,12,14-15,17,21H,2-3,8-11H2,1H3/t12-,14-,15-,17+/m0/s1. The van der Waals surface area contributed by atoms with E-state index in [1.54, 1.807) is 24.3 Å². The number of carbonyl (C=O) groups excluding carboxylic acids is 1. The fourth-order valence-electron chi connectivity index (χ4n) is 4.44. The van der Waals surface area contributed by atoms with Gasteiger partial charge in [-0.2, -0.15) is 0 Å². The van der Waals surface area contributed by atoms with Crippen LogP contribution in [0.5, 0.6) is 0 Å². The largest absolute Gasteiger partial charge is 0.395 e. The highest BCUT2D eigenvalue weighted by atomic mass is 35.5. The van der Waals surface area contributed by atoms with Gasteiger partial charge in [0.15, 0.2) is 0 Å². The Balaban J connectivity index is 1.72. The molecule has 120 valence electrons. The van der Waals surface area contributed by atoms with E-state index in [2.05, 4.69) is 6.92 Å². The number of carbonyl (C=O) groups is 1. The normalized spacial score (nSPS) is 29.8. The molecule has 0 saturated heterocycles. The predicted octanol–water partition coefficient (Wildman–Crippen LogP) is 3.46. The third-order valence-electron chi connectivity index (χ3n) is 5.72. The average Bonchev–Trinajstić information content (AvgIpc) is 3.10. The van der Waals surface area contributed by atoms with Gasteiger partial charge in [0, 0.05) is 23.7 Å². The SMILES string of the molecule is C[C@H]1[C@H]2CC[C@@H](C2)[C@@H]1CN(CCO)C(=O)c1ccc(Cl)cc1. The smallest absolute Gasteiger partial charge is 0.253 e. The lowest BCUT2D eigenvalue weighted by Crippen LogP contribution is -2.40. The van der Waals surface area contributed by atoms with Crippen molar-refractivity contribution in [3.63, 3.8) is 0 Å². The van der Waals surface area contributed by atoms with Gasteiger partial charge in [0.05, 0.1) is 6.61 Å². The molecule has 4 atom stereocenters. The lowest BCUT2D eigenvalue weighted by atomic mass is 9.80. The molecule has 0 aliphatic heterocycles. The second-order valence-electron chi connectivity index (χ2n) is 6.84. The topological polar surface area (TPSA) is 40.5 Å². The number of aliphatic hydroxyl groups is 1. The Labute approximate surface area is 137 Å². The van der Waals surface area contributed by atoms with Crippen LogP contribution in [0.3, 0.4) is 0 Å². The van der Waals surface area contributed by atoms with E-state index in [1.807, 2.05) is 4.90 Å². The Morgan fingerprint density at radius 2 is 1.95 bits per heavy atom. The fourth-order valence-corrected chi connectivity index (χ4v) is 4.57. The maximum atomic E-state index is 12.7. The van der Waals surface area contributed by atoms with Crippen LogP contribution in [0.25, 0.3) is 0 Å². The molecule has 0 unspecified atom stereocenters. The van der Waals surface area contributed by atoms with Gasteiger partial charge in [-0.05, 0) is 67.2 Å². The molecule has 1 amide bonds. The molecule has 0 heterocycles. The Morgan fingerprint density at radius 1 is 1.27 bits per heavy atom. The lowest BCUT2D eigenvalue weighted by Gasteiger charge is -2.33. The van der Waals surface area contributed by atoms with E-state index >= 15 is 0 Å². The number of aliphatic hydroxyl groups excluding tert-OH is 1. The number of benzene rings is 1. The van der Waals surface area contributed by atoms with Crippen LogP contribution in [0.4, 0.5) is 0 Å². The first-order valence-electron chi connectivity index (χ1n) is 8.26. The van der Waals surface area contributed by atoms with Gasteiger partial charge in [0.25, 0.3) is 5.91 Å². The molecule has 22 heavy (non-hydrogen) atoms. The van der Waals surface area contributed by atoms with E-state index in [-0.39, 0.29) is 12.5 Å². The van der Waals surface area contributed by atoms with Crippen LogP contribution in [0.1, 0.15) is 36.5 Å². The van der Waals surface area contributed by atoms with E-state index in [4.69, 9.17) is 11.6 Å². The second kappa shape index (κ2) is 6.59. The van der Waals surface area contributed by atoms with E-state index in [1.165, 1.54) is 19.3 Å². The van der Waals surface area contributed by atoms with Crippen LogP contribution < -0.4 is 0 Å². The van der Waals surface area contributed by atoms with Crippen LogP contribution in [-0.4, -0.2) is 35.6 Å². The monoisotopic (exact) mass is 321 g/mol. The van der Waals surface area contributed by atoms with Gasteiger partial charge in [-0.15, -0.1) is 0 Å². The molecule has 4 heteroatoms. The third-order valence-corrected chi connectivity index (χ3v) is 5.97. The first kappa shape index (κ1) is 15.8. The zero-order valence-electron chi connectivity index (χ0n) is 13.0. The maximum Gasteiger partial charge on any atom is 0.253 e. The molecular formula is C18H24ClNO2. The summed E-state index contributed by atoms with van der Waals surface area (Å²) in [5.74, 6) is 2.89. The fraction of sp³-hybridized carbons (Fsp3) is 0.611. The van der Waals surface area contributed by atoms with Gasteiger partial charge in [0.2, 0.25) is 0 Å². The van der Waals surface area contributed by atoms with Gasteiger partial charge in [-0.1, -0.05) is 18.5 Å². The summed E-state index contributed by atoms with van der Waals surface area (Å²) in [5, 5.41) is 9.96. The van der Waals surface area contributed by atoms with E-state index in [9.17, 15) is 9.90 Å². The van der Waals surface area contributed by atoms with Crippen LogP contribution in [0, 0.1) is 23.7 Å². The average molecular weight is 322 g/mol. The van der Waals surface area contributed by atoms with Gasteiger partial charge in [0.1, 0.15) is 0 Å². The Kier molecular flexibility index (Phi) is 4.74. The molecule has 0 radical (unpaired) electrons. The van der Waals surface area contributed by atoms with Crippen molar-refractivity contribution in [3.05, 3.63) is 34.9 Å². The van der Waals surface area contributed by atoms with Crippen molar-refractivity contribution in [3.8, 4) is 0 Å². The minimum Gasteiger partial charge on any atom is -0.395 e. The molecule has 3 nitrogen and oxygen atoms in total. The molecule has 2 fully saturated rings. The Bertz CT molecular complexity index is 528. The van der Waals surface area contributed by atoms with E-state index < -0.39 is 0 Å². The molecule has 1 aromatic carbocycles. The molecule has 2 saturated carbocycles. The van der Waals surface area contributed by atoms with Gasteiger partial charge < -0.3 is 10.0 Å². The molecule has 1 aromatic rings. The summed E-state index contributed by atoms with van der Waals surface area (Å²) < 4.78 is 0. The lowest BCUT2D eigenvalue weighted by molar-refractivity contribution is 0.0633. The first-order valence-corrected chi connectivity index (χ1v) is 8.63. The van der Waals surface area contributed by atoms with E-state index in [0.29, 0.717) is 29.0 Å². The van der Waals surface area contributed by atoms with Gasteiger partial charge >= 0.3 is 0 Å². The van der Waals surface area contributed by atoms with Crippen molar-refractivity contribution in [1.82, 2.24) is 4.90 Å². The zero-order valence-corrected chi connectivity index (χ0v) is 13.8. The minimum absolute atomic E-state index is 0.000639. The van der Waals surface area contributed by atoms with Crippen molar-refractivity contribution < 1.29 is 9.90 Å². The van der Waals surface area contributed by atoms with Crippen molar-refractivity contribution in [1.29, 1.82) is 0 Å². The second-order valence-corrected chi connectivity index (χ2v) is 7.27. The van der Waals surface area contributed by atoms with E-state index in [0.717, 1.165) is 18.4 Å². The molecule has 2 aliphatic rings. The quantitative estimate of drug-likeness (QED) is 0.902. The van der Waals surface area contributed by atoms with Crippen LogP contribution >= 0.6 is 11.6 Å². The molecule has 3 rings (SSSR count). The summed E-state index contributed by atoms with van der Waals surface area (Å²) in [6, 6.07) is 7.01. The molecule has 1 N–H and O–H groups in total. The highest BCUT2D eigenvalue weighted by molar-refractivity contribution is 6.30. The number of amides is 1. The highest BCUT2D eigenvalue weighted by Crippen LogP contribution is 2.52. The molecule has 2 bridgehead atoms. The number of hydrogen-bond donors (Lipinski definition) is 1. The van der Waals surface area contributed by atoms with Gasteiger partial charge in [-0.25, -0.2) is 0 Å². The third kappa shape index (κ3) is 3.02. The summed E-state index contributed by atoms with van der Waals surface area (Å²) in [5.41, 5.74) is 0.647. The van der Waals surface area contributed by atoms with Crippen molar-refractivity contribution in [2.75, 3.05) is 19.7 Å². The Hall–Kier alpha value is -1.06. The van der Waals surface area contributed by atoms with Crippen molar-refractivity contribution >= 4 is 17.5 Å². The maximum absolute atomic E-state index is 12.7. The number of fused-ring (bicyclic) bond motifs is 2. The number of hydrogen-bond acceptors (Lipinski definition) is 2. The Morgan fingerprint density at radius 3 is 2.55 bits per heavy atom. The number of rotatable bonds is 5. The molecule has 0 spiro atoms. The summed E-state index contributed by atoms with van der Waals surface area (Å²) in [6.07, 6.45) is 3.99. The minimum atomic E-state index is 0.000639. The summed E-state index contributed by atoms with van der Waals surface area (Å²) in [4.78, 5) is 14.5. The molecule has 0 aromatic heterocycles. The molecule has 2 aliphatic carbocycles. The van der Waals surface area contributed by atoms with Crippen molar-refractivity contribution in [2.24, 2.45) is 23.7 Å². The van der Waals surface area contributed by atoms with Crippen molar-refractivity contribution in [2.45, 2.75) is 26.2 Å². The zero-order chi connectivity index (χ0) is 15.7. The number of halogens is 1. The summed E-state index contributed by atoms with van der Waals surface area (Å²) in [7, 11) is 0. The van der Waals surface area contributed by atoms with Gasteiger partial charge in [-0.3, -0.25) is 4.79 Å². The molecular weight excluding hydrogens is 298 g/mol. The number of nitrogens with zero attached hydrogens (tertiary/aromatic N) is 1.